The lowest BCUT2D eigenvalue weighted by atomic mass is 9.89. The SMILES string of the molecule is O=C1CCC(O)(O)C(O)C1=O. The van der Waals surface area contributed by atoms with Gasteiger partial charge in [0.15, 0.2) is 11.9 Å². The lowest BCUT2D eigenvalue weighted by molar-refractivity contribution is -0.230. The van der Waals surface area contributed by atoms with Gasteiger partial charge >= 0.3 is 0 Å². The summed E-state index contributed by atoms with van der Waals surface area (Å²) in [5, 5.41) is 26.5. The molecule has 5 heteroatoms. The zero-order valence-electron chi connectivity index (χ0n) is 5.65. The number of Topliss-reactive ketones (excluding diaryl/α,β-unsaturated/α-hetero) is 2. The highest BCUT2D eigenvalue weighted by Crippen LogP contribution is 2.21. The monoisotopic (exact) mass is 160 g/mol. The lowest BCUT2D eigenvalue weighted by Gasteiger charge is -2.29. The van der Waals surface area contributed by atoms with Gasteiger partial charge < -0.3 is 15.3 Å². The molecule has 1 atom stereocenters. The summed E-state index contributed by atoms with van der Waals surface area (Å²) < 4.78 is 0. The molecule has 0 aromatic rings. The lowest BCUT2D eigenvalue weighted by Crippen LogP contribution is -2.53. The highest BCUT2D eigenvalue weighted by Gasteiger charge is 2.45. The Morgan fingerprint density at radius 3 is 2.36 bits per heavy atom. The van der Waals surface area contributed by atoms with Gasteiger partial charge in [-0.05, 0) is 0 Å². The molecule has 62 valence electrons. The predicted octanol–water partition coefficient (Wildman–Crippen LogP) is -2.04. The third kappa shape index (κ3) is 1.30. The van der Waals surface area contributed by atoms with Crippen molar-refractivity contribution >= 4 is 11.6 Å². The average Bonchev–Trinajstić information content (AvgIpc) is 1.95. The van der Waals surface area contributed by atoms with Gasteiger partial charge in [-0.15, -0.1) is 0 Å². The molecule has 0 aliphatic heterocycles. The fourth-order valence-corrected chi connectivity index (χ4v) is 0.920. The molecule has 1 saturated carbocycles. The van der Waals surface area contributed by atoms with Crippen LogP contribution in [0.1, 0.15) is 12.8 Å². The first-order valence-corrected chi connectivity index (χ1v) is 3.15. The highest BCUT2D eigenvalue weighted by atomic mass is 16.5. The van der Waals surface area contributed by atoms with Crippen LogP contribution in [0.4, 0.5) is 0 Å². The first-order valence-electron chi connectivity index (χ1n) is 3.15. The van der Waals surface area contributed by atoms with Gasteiger partial charge in [-0.3, -0.25) is 9.59 Å². The second kappa shape index (κ2) is 2.37. The molecule has 0 aromatic heterocycles. The van der Waals surface area contributed by atoms with E-state index >= 15 is 0 Å². The van der Waals surface area contributed by atoms with E-state index in [1.54, 1.807) is 0 Å². The van der Waals surface area contributed by atoms with E-state index in [2.05, 4.69) is 0 Å². The van der Waals surface area contributed by atoms with Crippen molar-refractivity contribution in [3.63, 3.8) is 0 Å². The molecule has 0 aromatic carbocycles. The van der Waals surface area contributed by atoms with E-state index in [9.17, 15) is 9.59 Å². The van der Waals surface area contributed by atoms with Gasteiger partial charge in [-0.2, -0.15) is 0 Å². The standard InChI is InChI=1S/C6H8O5/c7-3-1-2-6(10,11)5(9)4(3)8/h5,9-11H,1-2H2. The number of hydrogen-bond donors (Lipinski definition) is 3. The van der Waals surface area contributed by atoms with E-state index in [-0.39, 0.29) is 12.8 Å². The van der Waals surface area contributed by atoms with Crippen molar-refractivity contribution in [3.05, 3.63) is 0 Å². The summed E-state index contributed by atoms with van der Waals surface area (Å²) in [6, 6.07) is 0. The van der Waals surface area contributed by atoms with E-state index in [0.29, 0.717) is 0 Å². The summed E-state index contributed by atoms with van der Waals surface area (Å²) in [7, 11) is 0. The number of hydrogen-bond acceptors (Lipinski definition) is 5. The first kappa shape index (κ1) is 8.32. The Bertz CT molecular complexity index is 207. The zero-order chi connectivity index (χ0) is 8.65. The Morgan fingerprint density at radius 2 is 1.91 bits per heavy atom. The van der Waals surface area contributed by atoms with Crippen molar-refractivity contribution < 1.29 is 24.9 Å². The molecule has 1 aliphatic carbocycles. The second-order valence-corrected chi connectivity index (χ2v) is 2.57. The summed E-state index contributed by atoms with van der Waals surface area (Å²) in [6.07, 6.45) is -2.49. The largest absolute Gasteiger partial charge is 0.379 e. The van der Waals surface area contributed by atoms with Gasteiger partial charge in [0.2, 0.25) is 11.6 Å². The minimum atomic E-state index is -2.43. The van der Waals surface area contributed by atoms with Gasteiger partial charge in [0, 0.05) is 12.8 Å². The van der Waals surface area contributed by atoms with Gasteiger partial charge in [0.1, 0.15) is 0 Å². The van der Waals surface area contributed by atoms with Gasteiger partial charge in [-0.25, -0.2) is 0 Å². The minimum absolute atomic E-state index is 0.219. The number of carbonyl (C=O) groups is 2. The first-order chi connectivity index (χ1) is 4.95. The topological polar surface area (TPSA) is 94.8 Å². The normalized spacial score (nSPS) is 30.6. The number of aliphatic hydroxyl groups excluding tert-OH is 1. The maximum Gasteiger partial charge on any atom is 0.232 e. The third-order valence-electron chi connectivity index (χ3n) is 1.68. The Morgan fingerprint density at radius 1 is 1.36 bits per heavy atom. The molecule has 0 heterocycles. The number of carbonyl (C=O) groups excluding carboxylic acids is 2. The Balaban J connectivity index is 2.84. The van der Waals surface area contributed by atoms with Crippen LogP contribution >= 0.6 is 0 Å². The predicted molar refractivity (Wildman–Crippen MR) is 32.4 cm³/mol. The van der Waals surface area contributed by atoms with Crippen molar-refractivity contribution in [1.29, 1.82) is 0 Å². The van der Waals surface area contributed by atoms with Crippen molar-refractivity contribution in [3.8, 4) is 0 Å². The fraction of sp³-hybridized carbons (Fsp3) is 0.667. The van der Waals surface area contributed by atoms with E-state index in [0.717, 1.165) is 0 Å². The summed E-state index contributed by atoms with van der Waals surface area (Å²) in [6.45, 7) is 0. The van der Waals surface area contributed by atoms with Crippen molar-refractivity contribution in [1.82, 2.24) is 0 Å². The number of rotatable bonds is 0. The second-order valence-electron chi connectivity index (χ2n) is 2.57. The van der Waals surface area contributed by atoms with Crippen LogP contribution in [-0.2, 0) is 9.59 Å². The molecule has 1 fully saturated rings. The van der Waals surface area contributed by atoms with Crippen LogP contribution in [0.5, 0.6) is 0 Å². The maximum atomic E-state index is 10.6. The van der Waals surface area contributed by atoms with Crippen LogP contribution in [0.25, 0.3) is 0 Å². The van der Waals surface area contributed by atoms with Gasteiger partial charge in [0.25, 0.3) is 0 Å². The summed E-state index contributed by atoms with van der Waals surface area (Å²) in [5.74, 6) is -4.30. The molecule has 0 radical (unpaired) electrons. The highest BCUT2D eigenvalue weighted by molar-refractivity contribution is 6.39. The van der Waals surface area contributed by atoms with E-state index in [4.69, 9.17) is 15.3 Å². The molecule has 1 unspecified atom stereocenters. The Hall–Kier alpha value is -0.780. The maximum absolute atomic E-state index is 10.6. The van der Waals surface area contributed by atoms with E-state index in [1.807, 2.05) is 0 Å². The van der Waals surface area contributed by atoms with Crippen LogP contribution in [0.3, 0.4) is 0 Å². The molecule has 0 bridgehead atoms. The minimum Gasteiger partial charge on any atom is -0.379 e. The van der Waals surface area contributed by atoms with Crippen LogP contribution in [0, 0.1) is 0 Å². The van der Waals surface area contributed by atoms with Crippen molar-refractivity contribution in [2.24, 2.45) is 0 Å². The molecule has 0 amide bonds. The smallest absolute Gasteiger partial charge is 0.232 e. The van der Waals surface area contributed by atoms with Crippen LogP contribution in [0.15, 0.2) is 0 Å². The average molecular weight is 160 g/mol. The molecule has 11 heavy (non-hydrogen) atoms. The summed E-state index contributed by atoms with van der Waals surface area (Å²) in [4.78, 5) is 21.2. The Labute approximate surface area is 62.3 Å². The molecular weight excluding hydrogens is 152 g/mol. The molecule has 1 aliphatic rings. The van der Waals surface area contributed by atoms with Crippen LogP contribution < -0.4 is 0 Å². The van der Waals surface area contributed by atoms with E-state index in [1.165, 1.54) is 0 Å². The third-order valence-corrected chi connectivity index (χ3v) is 1.68. The molecule has 0 spiro atoms. The van der Waals surface area contributed by atoms with Crippen molar-refractivity contribution in [2.75, 3.05) is 0 Å². The number of ketones is 2. The van der Waals surface area contributed by atoms with Gasteiger partial charge in [-0.1, -0.05) is 0 Å². The van der Waals surface area contributed by atoms with Crippen molar-refractivity contribution in [2.45, 2.75) is 24.7 Å². The molecule has 0 saturated heterocycles. The zero-order valence-corrected chi connectivity index (χ0v) is 5.65. The molecular formula is C6H8O5. The summed E-state index contributed by atoms with van der Waals surface area (Å²) >= 11 is 0. The van der Waals surface area contributed by atoms with Gasteiger partial charge in [0.05, 0.1) is 0 Å². The molecule has 1 rings (SSSR count). The molecule has 5 nitrogen and oxygen atoms in total. The number of aliphatic hydroxyl groups is 3. The molecule has 3 N–H and O–H groups in total. The van der Waals surface area contributed by atoms with Crippen LogP contribution in [0.2, 0.25) is 0 Å². The Kier molecular flexibility index (Phi) is 1.79. The summed E-state index contributed by atoms with van der Waals surface area (Å²) in [5.41, 5.74) is 0. The quantitative estimate of drug-likeness (QED) is 0.280. The fourth-order valence-electron chi connectivity index (χ4n) is 0.920. The van der Waals surface area contributed by atoms with Crippen LogP contribution in [-0.4, -0.2) is 38.8 Å². The van der Waals surface area contributed by atoms with E-state index < -0.39 is 23.5 Å².